The third kappa shape index (κ3) is 6.50. The molecule has 0 aliphatic carbocycles. The van der Waals surface area contributed by atoms with Crippen LogP contribution in [0.25, 0.3) is 0 Å². The fourth-order valence-electron chi connectivity index (χ4n) is 2.86. The van der Waals surface area contributed by atoms with Gasteiger partial charge in [-0.1, -0.05) is 48.5 Å². The molecule has 3 aromatic carbocycles. The molecule has 31 heavy (non-hydrogen) atoms. The van der Waals surface area contributed by atoms with E-state index in [1.165, 1.54) is 30.5 Å². The van der Waals surface area contributed by atoms with Crippen LogP contribution in [0.5, 0.6) is 5.75 Å². The van der Waals surface area contributed by atoms with Crippen LogP contribution in [0, 0.1) is 0 Å². The van der Waals surface area contributed by atoms with Crippen LogP contribution < -0.4 is 5.43 Å². The molecule has 0 saturated heterocycles. The van der Waals surface area contributed by atoms with E-state index in [1.54, 1.807) is 30.3 Å². The van der Waals surface area contributed by atoms with Crippen LogP contribution in [0.4, 0.5) is 0 Å². The van der Waals surface area contributed by atoms with E-state index in [2.05, 4.69) is 10.5 Å². The smallest absolute Gasteiger partial charge is 0.255 e. The van der Waals surface area contributed by atoms with Crippen molar-refractivity contribution in [2.45, 2.75) is 11.3 Å². The zero-order chi connectivity index (χ0) is 22.1. The highest BCUT2D eigenvalue weighted by molar-refractivity contribution is 7.89. The SMILES string of the molecule is O=C(CN(CCc1ccccc1)S(=O)(=O)c1ccccc1)N/N=C/c1ccc(O)cc1. The van der Waals surface area contributed by atoms with Gasteiger partial charge in [-0.15, -0.1) is 0 Å². The number of nitrogens with zero attached hydrogens (tertiary/aromatic N) is 2. The van der Waals surface area contributed by atoms with E-state index in [0.29, 0.717) is 12.0 Å². The first kappa shape index (κ1) is 22.2. The maximum absolute atomic E-state index is 13.1. The molecule has 0 fully saturated rings. The number of benzene rings is 3. The van der Waals surface area contributed by atoms with Crippen molar-refractivity contribution < 1.29 is 18.3 Å². The lowest BCUT2D eigenvalue weighted by Crippen LogP contribution is -2.40. The number of nitrogens with one attached hydrogen (secondary N) is 1. The number of carbonyl (C=O) groups excluding carboxylic acids is 1. The Morgan fingerprint density at radius 1 is 0.935 bits per heavy atom. The summed E-state index contributed by atoms with van der Waals surface area (Å²) in [6.45, 7) is -0.215. The summed E-state index contributed by atoms with van der Waals surface area (Å²) in [4.78, 5) is 12.5. The number of rotatable bonds is 9. The van der Waals surface area contributed by atoms with Gasteiger partial charge in [-0.05, 0) is 53.9 Å². The number of hydrogen-bond donors (Lipinski definition) is 2. The third-order valence-corrected chi connectivity index (χ3v) is 6.35. The van der Waals surface area contributed by atoms with Gasteiger partial charge in [0.1, 0.15) is 5.75 Å². The first-order chi connectivity index (χ1) is 14.9. The number of hydrazone groups is 1. The summed E-state index contributed by atoms with van der Waals surface area (Å²) in [5, 5.41) is 13.2. The van der Waals surface area contributed by atoms with Crippen molar-refractivity contribution in [1.82, 2.24) is 9.73 Å². The van der Waals surface area contributed by atoms with Crippen LogP contribution in [0.2, 0.25) is 0 Å². The molecule has 0 aliphatic rings. The Bertz CT molecular complexity index is 1120. The summed E-state index contributed by atoms with van der Waals surface area (Å²) < 4.78 is 27.4. The van der Waals surface area contributed by atoms with Crippen molar-refractivity contribution >= 4 is 22.1 Å². The molecule has 0 aliphatic heterocycles. The fraction of sp³-hybridized carbons (Fsp3) is 0.130. The number of carbonyl (C=O) groups is 1. The van der Waals surface area contributed by atoms with E-state index < -0.39 is 15.9 Å². The molecule has 3 rings (SSSR count). The second-order valence-electron chi connectivity index (χ2n) is 6.77. The molecule has 0 atom stereocenters. The highest BCUT2D eigenvalue weighted by atomic mass is 32.2. The summed E-state index contributed by atoms with van der Waals surface area (Å²) in [6, 6.07) is 23.8. The van der Waals surface area contributed by atoms with Crippen molar-refractivity contribution in [3.63, 3.8) is 0 Å². The summed E-state index contributed by atoms with van der Waals surface area (Å²) in [5.41, 5.74) is 4.01. The maximum atomic E-state index is 13.1. The van der Waals surface area contributed by atoms with Gasteiger partial charge in [0, 0.05) is 6.54 Å². The van der Waals surface area contributed by atoms with Gasteiger partial charge in [0.05, 0.1) is 17.7 Å². The minimum Gasteiger partial charge on any atom is -0.508 e. The first-order valence-electron chi connectivity index (χ1n) is 9.65. The lowest BCUT2D eigenvalue weighted by molar-refractivity contribution is -0.121. The predicted molar refractivity (Wildman–Crippen MR) is 119 cm³/mol. The second kappa shape index (κ2) is 10.5. The molecule has 0 spiro atoms. The number of phenolic OH excluding ortho intramolecular Hbond substituents is 1. The Balaban J connectivity index is 1.70. The highest BCUT2D eigenvalue weighted by Gasteiger charge is 2.26. The Hall–Kier alpha value is -3.49. The van der Waals surface area contributed by atoms with Crippen LogP contribution in [0.1, 0.15) is 11.1 Å². The van der Waals surface area contributed by atoms with Crippen molar-refractivity contribution in [3.05, 3.63) is 96.1 Å². The molecule has 2 N–H and O–H groups in total. The molecule has 1 amide bonds. The van der Waals surface area contributed by atoms with Gasteiger partial charge >= 0.3 is 0 Å². The second-order valence-corrected chi connectivity index (χ2v) is 8.71. The van der Waals surface area contributed by atoms with Crippen molar-refractivity contribution in [2.75, 3.05) is 13.1 Å². The Morgan fingerprint density at radius 2 is 1.55 bits per heavy atom. The molecule has 0 bridgehead atoms. The molecule has 0 saturated carbocycles. The molecule has 0 heterocycles. The monoisotopic (exact) mass is 437 g/mol. The fourth-order valence-corrected chi connectivity index (χ4v) is 4.28. The average Bonchev–Trinajstić information content (AvgIpc) is 2.79. The molecular formula is C23H23N3O4S. The molecule has 0 radical (unpaired) electrons. The van der Waals surface area contributed by atoms with Crippen molar-refractivity contribution in [2.24, 2.45) is 5.10 Å². The van der Waals surface area contributed by atoms with E-state index in [0.717, 1.165) is 9.87 Å². The molecule has 160 valence electrons. The minimum absolute atomic E-state index is 0.126. The summed E-state index contributed by atoms with van der Waals surface area (Å²) >= 11 is 0. The normalized spacial score (nSPS) is 11.6. The predicted octanol–water partition coefficient (Wildman–Crippen LogP) is 2.78. The van der Waals surface area contributed by atoms with Gasteiger partial charge in [-0.3, -0.25) is 4.79 Å². The molecule has 8 heteroatoms. The number of hydrogen-bond acceptors (Lipinski definition) is 5. The molecule has 3 aromatic rings. The van der Waals surface area contributed by atoms with Crippen molar-refractivity contribution in [3.8, 4) is 5.75 Å². The zero-order valence-electron chi connectivity index (χ0n) is 16.8. The van der Waals surface area contributed by atoms with E-state index >= 15 is 0 Å². The van der Waals surface area contributed by atoms with Gasteiger partial charge < -0.3 is 5.11 Å². The summed E-state index contributed by atoms with van der Waals surface area (Å²) in [7, 11) is -3.86. The summed E-state index contributed by atoms with van der Waals surface area (Å²) in [5.74, 6) is -0.427. The summed E-state index contributed by atoms with van der Waals surface area (Å²) in [6.07, 6.45) is 1.88. The Morgan fingerprint density at radius 3 is 2.19 bits per heavy atom. The zero-order valence-corrected chi connectivity index (χ0v) is 17.6. The van der Waals surface area contributed by atoms with E-state index in [9.17, 15) is 18.3 Å². The van der Waals surface area contributed by atoms with E-state index in [-0.39, 0.29) is 23.7 Å². The maximum Gasteiger partial charge on any atom is 0.255 e. The van der Waals surface area contributed by atoms with Gasteiger partial charge in [-0.25, -0.2) is 13.8 Å². The third-order valence-electron chi connectivity index (χ3n) is 4.49. The number of phenols is 1. The number of aromatic hydroxyl groups is 1. The van der Waals surface area contributed by atoms with E-state index in [4.69, 9.17) is 0 Å². The Labute approximate surface area is 181 Å². The molecule has 0 unspecified atom stereocenters. The van der Waals surface area contributed by atoms with Gasteiger partial charge in [0.15, 0.2) is 0 Å². The largest absolute Gasteiger partial charge is 0.508 e. The van der Waals surface area contributed by atoms with Crippen LogP contribution in [0.15, 0.2) is 94.9 Å². The molecular weight excluding hydrogens is 414 g/mol. The van der Waals surface area contributed by atoms with Crippen LogP contribution >= 0.6 is 0 Å². The topological polar surface area (TPSA) is 99.1 Å². The standard InChI is InChI=1S/C23H23N3O4S/c27-21-13-11-20(12-14-21)17-24-25-23(28)18-26(16-15-19-7-3-1-4-8-19)31(29,30)22-9-5-2-6-10-22/h1-14,17,27H,15-16,18H2,(H,25,28)/b24-17+. The van der Waals surface area contributed by atoms with Gasteiger partial charge in [0.2, 0.25) is 10.0 Å². The average molecular weight is 438 g/mol. The molecule has 0 aromatic heterocycles. The van der Waals surface area contributed by atoms with Gasteiger partial charge in [0.25, 0.3) is 5.91 Å². The molecule has 7 nitrogen and oxygen atoms in total. The minimum atomic E-state index is -3.86. The lowest BCUT2D eigenvalue weighted by Gasteiger charge is -2.21. The van der Waals surface area contributed by atoms with Crippen molar-refractivity contribution in [1.29, 1.82) is 0 Å². The van der Waals surface area contributed by atoms with Crippen LogP contribution in [0.3, 0.4) is 0 Å². The van der Waals surface area contributed by atoms with Gasteiger partial charge in [-0.2, -0.15) is 9.41 Å². The van der Waals surface area contributed by atoms with E-state index in [1.807, 2.05) is 30.3 Å². The highest BCUT2D eigenvalue weighted by Crippen LogP contribution is 2.16. The number of sulfonamides is 1. The first-order valence-corrected chi connectivity index (χ1v) is 11.1. The Kier molecular flexibility index (Phi) is 7.53. The lowest BCUT2D eigenvalue weighted by atomic mass is 10.1. The van der Waals surface area contributed by atoms with Crippen LogP contribution in [-0.2, 0) is 21.2 Å². The number of amides is 1. The quantitative estimate of drug-likeness (QED) is 0.397. The van der Waals surface area contributed by atoms with Crippen LogP contribution in [-0.4, -0.2) is 43.0 Å².